The third-order valence-electron chi connectivity index (χ3n) is 2.50. The molecule has 2 bridgehead atoms. The summed E-state index contributed by atoms with van der Waals surface area (Å²) in [4.78, 5) is 0. The predicted molar refractivity (Wildman–Crippen MR) is 42.1 cm³/mol. The molecule has 0 saturated heterocycles. The van der Waals surface area contributed by atoms with Crippen LogP contribution >= 0.6 is 0 Å². The van der Waals surface area contributed by atoms with Crippen LogP contribution < -0.4 is 5.73 Å². The maximum absolute atomic E-state index is 6.97. The van der Waals surface area contributed by atoms with E-state index in [4.69, 9.17) is 15.9 Å². The molecule has 2 rings (SSSR count). The predicted octanol–water partition coefficient (Wildman–Crippen LogP) is 0.861. The molecule has 0 spiro atoms. The second kappa shape index (κ2) is 2.26. The van der Waals surface area contributed by atoms with Gasteiger partial charge in [-0.15, -0.1) is 0 Å². The molecule has 1 fully saturated rings. The van der Waals surface area contributed by atoms with Crippen molar-refractivity contribution in [2.45, 2.75) is 18.9 Å². The minimum atomic E-state index is -0.143. The first-order valence-electron chi connectivity index (χ1n) is 3.94. The Morgan fingerprint density at radius 2 is 2.27 bits per heavy atom. The van der Waals surface area contributed by atoms with Gasteiger partial charge in [0.05, 0.1) is 0 Å². The molecule has 0 aromatic heterocycles. The van der Waals surface area contributed by atoms with Gasteiger partial charge in [0, 0.05) is 5.92 Å². The average Bonchev–Trinajstić information content (AvgIpc) is 2.45. The number of ether oxygens (including phenoxy) is 1. The Hall–Kier alpha value is -0.990. The average molecular weight is 152 g/mol. The summed E-state index contributed by atoms with van der Waals surface area (Å²) in [7, 11) is 0. The summed E-state index contributed by atoms with van der Waals surface area (Å²) in [6.07, 6.45) is 6.84. The van der Waals surface area contributed by atoms with Crippen LogP contribution in [0, 0.1) is 17.2 Å². The van der Waals surface area contributed by atoms with Gasteiger partial charge in [-0.05, 0) is 18.8 Å². The third kappa shape index (κ3) is 1.11. The summed E-state index contributed by atoms with van der Waals surface area (Å²) >= 11 is 0. The van der Waals surface area contributed by atoms with E-state index in [1.807, 2.05) is 0 Å². The Morgan fingerprint density at radius 1 is 1.45 bits per heavy atom. The Bertz CT molecular complexity index is 212. The van der Waals surface area contributed by atoms with E-state index in [1.165, 1.54) is 6.42 Å². The fourth-order valence-corrected chi connectivity index (χ4v) is 2.03. The fraction of sp³-hybridized carbons (Fsp3) is 0.625. The minimum Gasteiger partial charge on any atom is -0.462 e. The van der Waals surface area contributed by atoms with Crippen molar-refractivity contribution < 1.29 is 4.74 Å². The number of amidine groups is 1. The number of fused-ring (bicyclic) bond motifs is 2. The van der Waals surface area contributed by atoms with E-state index in [0.29, 0.717) is 11.8 Å². The molecule has 11 heavy (non-hydrogen) atoms. The van der Waals surface area contributed by atoms with Crippen LogP contribution in [0.4, 0.5) is 0 Å². The largest absolute Gasteiger partial charge is 0.462 e. The van der Waals surface area contributed by atoms with Gasteiger partial charge in [-0.2, -0.15) is 0 Å². The Labute approximate surface area is 65.7 Å². The normalized spacial score (nSPS) is 39.5. The molecule has 3 heteroatoms. The summed E-state index contributed by atoms with van der Waals surface area (Å²) in [5, 5.41) is 6.97. The van der Waals surface area contributed by atoms with E-state index >= 15 is 0 Å². The van der Waals surface area contributed by atoms with E-state index in [9.17, 15) is 0 Å². The lowest BCUT2D eigenvalue weighted by atomic mass is 10.1. The van der Waals surface area contributed by atoms with Gasteiger partial charge in [0.2, 0.25) is 0 Å². The molecule has 0 aliphatic heterocycles. The first-order chi connectivity index (χ1) is 5.25. The number of nitrogens with two attached hydrogens (primary N) is 1. The highest BCUT2D eigenvalue weighted by Crippen LogP contribution is 2.40. The van der Waals surface area contributed by atoms with Crippen LogP contribution in [-0.4, -0.2) is 12.1 Å². The van der Waals surface area contributed by atoms with E-state index < -0.39 is 0 Å². The van der Waals surface area contributed by atoms with Crippen molar-refractivity contribution in [3.8, 4) is 0 Å². The van der Waals surface area contributed by atoms with Gasteiger partial charge in [0.25, 0.3) is 6.02 Å². The van der Waals surface area contributed by atoms with Crippen LogP contribution in [0.15, 0.2) is 12.2 Å². The molecule has 2 aliphatic carbocycles. The van der Waals surface area contributed by atoms with Gasteiger partial charge in [-0.1, -0.05) is 12.2 Å². The zero-order valence-corrected chi connectivity index (χ0v) is 6.29. The summed E-state index contributed by atoms with van der Waals surface area (Å²) in [5.41, 5.74) is 5.14. The number of hydrogen-bond donors (Lipinski definition) is 2. The number of hydrogen-bond acceptors (Lipinski definition) is 2. The third-order valence-corrected chi connectivity index (χ3v) is 2.50. The minimum absolute atomic E-state index is 0.143. The molecule has 0 aromatic rings. The van der Waals surface area contributed by atoms with Crippen molar-refractivity contribution in [1.29, 1.82) is 5.41 Å². The number of rotatable bonds is 1. The lowest BCUT2D eigenvalue weighted by Gasteiger charge is -2.18. The van der Waals surface area contributed by atoms with Crippen molar-refractivity contribution in [3.63, 3.8) is 0 Å². The quantitative estimate of drug-likeness (QED) is 0.332. The highest BCUT2D eigenvalue weighted by atomic mass is 16.5. The maximum atomic E-state index is 6.97. The lowest BCUT2D eigenvalue weighted by Crippen LogP contribution is -2.26. The van der Waals surface area contributed by atoms with Gasteiger partial charge in [0.1, 0.15) is 6.10 Å². The van der Waals surface area contributed by atoms with E-state index in [-0.39, 0.29) is 12.1 Å². The van der Waals surface area contributed by atoms with Crippen LogP contribution in [0.3, 0.4) is 0 Å². The van der Waals surface area contributed by atoms with Crippen molar-refractivity contribution in [2.75, 3.05) is 0 Å². The molecule has 0 aromatic carbocycles. The van der Waals surface area contributed by atoms with Gasteiger partial charge in [0.15, 0.2) is 0 Å². The van der Waals surface area contributed by atoms with Crippen molar-refractivity contribution in [3.05, 3.63) is 12.2 Å². The summed E-state index contributed by atoms with van der Waals surface area (Å²) in [6.45, 7) is 0. The second-order valence-corrected chi connectivity index (χ2v) is 3.30. The summed E-state index contributed by atoms with van der Waals surface area (Å²) in [6, 6.07) is -0.143. The Balaban J connectivity index is 1.98. The maximum Gasteiger partial charge on any atom is 0.279 e. The highest BCUT2D eigenvalue weighted by molar-refractivity contribution is 5.67. The monoisotopic (exact) mass is 152 g/mol. The number of allylic oxidation sites excluding steroid dienone is 1. The van der Waals surface area contributed by atoms with E-state index in [0.717, 1.165) is 6.42 Å². The molecule has 0 unspecified atom stereocenters. The van der Waals surface area contributed by atoms with Gasteiger partial charge in [-0.3, -0.25) is 5.41 Å². The van der Waals surface area contributed by atoms with Crippen molar-refractivity contribution in [2.24, 2.45) is 17.6 Å². The zero-order valence-electron chi connectivity index (χ0n) is 6.29. The van der Waals surface area contributed by atoms with Gasteiger partial charge < -0.3 is 10.5 Å². The second-order valence-electron chi connectivity index (χ2n) is 3.30. The Morgan fingerprint density at radius 3 is 2.73 bits per heavy atom. The van der Waals surface area contributed by atoms with Gasteiger partial charge in [-0.25, -0.2) is 0 Å². The SMILES string of the molecule is N=C(N)O[C@H]1C[C@@H]2C=C[C@H]1C2. The lowest BCUT2D eigenvalue weighted by molar-refractivity contribution is 0.157. The molecule has 0 amide bonds. The van der Waals surface area contributed by atoms with Crippen molar-refractivity contribution >= 4 is 6.02 Å². The Kier molecular flexibility index (Phi) is 1.37. The van der Waals surface area contributed by atoms with Crippen LogP contribution in [-0.2, 0) is 4.74 Å². The molecule has 1 saturated carbocycles. The first-order valence-corrected chi connectivity index (χ1v) is 3.94. The molecule has 3 nitrogen and oxygen atoms in total. The van der Waals surface area contributed by atoms with Crippen molar-refractivity contribution in [1.82, 2.24) is 0 Å². The summed E-state index contributed by atoms with van der Waals surface area (Å²) < 4.78 is 5.15. The molecule has 2 aliphatic rings. The van der Waals surface area contributed by atoms with E-state index in [1.54, 1.807) is 0 Å². The van der Waals surface area contributed by atoms with Gasteiger partial charge >= 0.3 is 0 Å². The summed E-state index contributed by atoms with van der Waals surface area (Å²) in [5.74, 6) is 1.20. The van der Waals surface area contributed by atoms with Crippen LogP contribution in [0.1, 0.15) is 12.8 Å². The smallest absolute Gasteiger partial charge is 0.279 e. The topological polar surface area (TPSA) is 59.1 Å². The number of nitrogens with one attached hydrogen (secondary N) is 1. The zero-order chi connectivity index (χ0) is 7.84. The molecule has 3 atom stereocenters. The fourth-order valence-electron chi connectivity index (χ4n) is 2.03. The van der Waals surface area contributed by atoms with Crippen LogP contribution in [0.25, 0.3) is 0 Å². The van der Waals surface area contributed by atoms with E-state index in [2.05, 4.69) is 12.2 Å². The molecule has 60 valence electrons. The molecule has 0 heterocycles. The molecule has 0 radical (unpaired) electrons. The molecule has 3 N–H and O–H groups in total. The first kappa shape index (κ1) is 6.70. The van der Waals surface area contributed by atoms with Crippen LogP contribution in [0.2, 0.25) is 0 Å². The van der Waals surface area contributed by atoms with Crippen LogP contribution in [0.5, 0.6) is 0 Å². The molecular formula is C8H12N2O. The molecular weight excluding hydrogens is 140 g/mol. The standard InChI is InChI=1S/C8H12N2O/c9-8(10)11-7-4-5-1-2-6(7)3-5/h1-2,5-7H,3-4H2,(H3,9,10)/t5-,6+,7+/m1/s1. The highest BCUT2D eigenvalue weighted by Gasteiger charge is 2.37.